The molecule has 1 heterocycles. The molecule has 4 saturated carbocycles. The van der Waals surface area contributed by atoms with E-state index < -0.39 is 5.97 Å². The lowest BCUT2D eigenvalue weighted by molar-refractivity contribution is -0.219. The van der Waals surface area contributed by atoms with E-state index in [1.165, 1.54) is 68.1 Å². The number of aromatic nitrogens is 1. The fourth-order valence-electron chi connectivity index (χ4n) is 13.5. The Bertz CT molecular complexity index is 1670. The van der Waals surface area contributed by atoms with E-state index in [1.807, 2.05) is 12.1 Å². The number of pyridine rings is 1. The molecule has 0 amide bonds. The number of aromatic carboxylic acids is 1. The fraction of sp³-hybridized carbons (Fsp3) is 0.636. The van der Waals surface area contributed by atoms with Gasteiger partial charge in [0.05, 0.1) is 10.6 Å². The minimum atomic E-state index is -0.859. The third kappa shape index (κ3) is 5.44. The van der Waals surface area contributed by atoms with E-state index in [1.54, 1.807) is 23.9 Å². The summed E-state index contributed by atoms with van der Waals surface area (Å²) in [7, 11) is 0. The number of anilines is 1. The summed E-state index contributed by atoms with van der Waals surface area (Å²) in [4.78, 5) is 16.3. The Kier molecular flexibility index (Phi) is 9.19. The van der Waals surface area contributed by atoms with Crippen LogP contribution in [0.3, 0.4) is 0 Å². The van der Waals surface area contributed by atoms with Crippen LogP contribution in [0.1, 0.15) is 115 Å². The first-order chi connectivity index (χ1) is 23.7. The highest BCUT2D eigenvalue weighted by atomic mass is 32.2. The van der Waals surface area contributed by atoms with Gasteiger partial charge in [-0.15, -0.1) is 11.8 Å². The van der Waals surface area contributed by atoms with Gasteiger partial charge in [0.15, 0.2) is 0 Å². The van der Waals surface area contributed by atoms with Crippen molar-refractivity contribution in [2.75, 3.05) is 24.7 Å². The Morgan fingerprint density at radius 2 is 1.68 bits per heavy atom. The first-order valence-electron chi connectivity index (χ1n) is 19.4. The van der Waals surface area contributed by atoms with Crippen LogP contribution in [0.2, 0.25) is 0 Å². The van der Waals surface area contributed by atoms with Gasteiger partial charge in [-0.05, 0) is 158 Å². The van der Waals surface area contributed by atoms with E-state index in [4.69, 9.17) is 4.98 Å². The van der Waals surface area contributed by atoms with Crippen molar-refractivity contribution in [3.63, 3.8) is 0 Å². The standard InChI is InChI=1S/C44H61N3O2S/c1-28(2)31-18-23-44(46-27-26-45-36-10-9-11-37(47-36)50-8)25-24-42(6)33(38(31)44)16-17-35-41(5)21-19-32(29-12-14-30(15-13-29)39(48)49)40(3,4)34(41)20-22-43(35,42)7/h9-15,19,31,33-35,38,46H,1,16-18,20-27H2,2-8H3,(H,45,47)(H,48,49)/t31-,33+,34-,35+,38+,41-,42+,43+,44-/m0/s1. The molecule has 270 valence electrons. The van der Waals surface area contributed by atoms with E-state index in [-0.39, 0.29) is 16.4 Å². The number of nitrogens with one attached hydrogen (secondary N) is 2. The van der Waals surface area contributed by atoms with Crippen LogP contribution in [0, 0.1) is 51.2 Å². The summed E-state index contributed by atoms with van der Waals surface area (Å²) in [6.45, 7) is 21.8. The van der Waals surface area contributed by atoms with Crippen LogP contribution in [-0.2, 0) is 0 Å². The summed E-state index contributed by atoms with van der Waals surface area (Å²) in [6, 6.07) is 13.9. The Labute approximate surface area is 306 Å². The van der Waals surface area contributed by atoms with Gasteiger partial charge in [0.25, 0.3) is 0 Å². The predicted molar refractivity (Wildman–Crippen MR) is 209 cm³/mol. The number of allylic oxidation sites excluding steroid dienone is 3. The molecular weight excluding hydrogens is 635 g/mol. The van der Waals surface area contributed by atoms with Crippen molar-refractivity contribution in [3.05, 3.63) is 71.8 Å². The Morgan fingerprint density at radius 1 is 0.920 bits per heavy atom. The van der Waals surface area contributed by atoms with E-state index in [0.29, 0.717) is 46.0 Å². The molecule has 5 aliphatic carbocycles. The van der Waals surface area contributed by atoms with Crippen molar-refractivity contribution in [1.29, 1.82) is 0 Å². The van der Waals surface area contributed by atoms with E-state index in [0.717, 1.165) is 30.4 Å². The number of carbonyl (C=O) groups is 1. The SMILES string of the molecule is C=C(C)[C@@H]1CC[C@]2(NCCNc3cccc(SC)n3)CC[C@]3(C)[C@H](CC[C@@H]4[C@@]5(C)CC=C(c6ccc(C(=O)O)cc6)C(C)(C)[C@@H]5CC[C@]43C)[C@@H]12. The fourth-order valence-corrected chi connectivity index (χ4v) is 13.9. The highest BCUT2D eigenvalue weighted by Gasteiger charge is 2.70. The molecule has 4 fully saturated rings. The van der Waals surface area contributed by atoms with Gasteiger partial charge in [-0.3, -0.25) is 0 Å². The van der Waals surface area contributed by atoms with Gasteiger partial charge in [0.1, 0.15) is 5.82 Å². The zero-order chi connectivity index (χ0) is 35.7. The van der Waals surface area contributed by atoms with Crippen LogP contribution in [0.25, 0.3) is 5.57 Å². The smallest absolute Gasteiger partial charge is 0.335 e. The summed E-state index contributed by atoms with van der Waals surface area (Å²) in [5.41, 5.74) is 5.42. The zero-order valence-corrected chi connectivity index (χ0v) is 32.5. The van der Waals surface area contributed by atoms with Crippen LogP contribution >= 0.6 is 11.8 Å². The minimum absolute atomic E-state index is 0.0270. The molecule has 6 heteroatoms. The number of carboxylic acids is 1. The van der Waals surface area contributed by atoms with Crippen molar-refractivity contribution in [3.8, 4) is 0 Å². The molecule has 0 saturated heterocycles. The lowest BCUT2D eigenvalue weighted by Crippen LogP contribution is -2.68. The molecule has 50 heavy (non-hydrogen) atoms. The Balaban J connectivity index is 1.14. The topological polar surface area (TPSA) is 74.2 Å². The minimum Gasteiger partial charge on any atom is -0.478 e. The van der Waals surface area contributed by atoms with Gasteiger partial charge in [-0.25, -0.2) is 9.78 Å². The normalized spacial score (nSPS) is 38.5. The molecule has 3 N–H and O–H groups in total. The molecule has 1 aromatic heterocycles. The summed E-state index contributed by atoms with van der Waals surface area (Å²) in [5, 5.41) is 18.4. The van der Waals surface area contributed by atoms with Crippen LogP contribution in [0.15, 0.2) is 65.7 Å². The average Bonchev–Trinajstić information content (AvgIpc) is 3.47. The van der Waals surface area contributed by atoms with E-state index in [9.17, 15) is 9.90 Å². The first kappa shape index (κ1) is 35.8. The molecule has 5 aliphatic rings. The monoisotopic (exact) mass is 695 g/mol. The second kappa shape index (κ2) is 12.8. The maximum Gasteiger partial charge on any atom is 0.335 e. The molecule has 7 rings (SSSR count). The largest absolute Gasteiger partial charge is 0.478 e. The third-order valence-corrected chi connectivity index (χ3v) is 16.6. The van der Waals surface area contributed by atoms with Gasteiger partial charge >= 0.3 is 5.97 Å². The molecule has 0 radical (unpaired) electrons. The highest BCUT2D eigenvalue weighted by molar-refractivity contribution is 7.98. The number of nitrogens with zero attached hydrogens (tertiary/aromatic N) is 1. The van der Waals surface area contributed by atoms with Gasteiger partial charge in [-0.1, -0.05) is 71.0 Å². The van der Waals surface area contributed by atoms with Crippen LogP contribution in [0.4, 0.5) is 5.82 Å². The maximum absolute atomic E-state index is 11.6. The van der Waals surface area contributed by atoms with Crippen molar-refractivity contribution in [1.82, 2.24) is 10.3 Å². The summed E-state index contributed by atoms with van der Waals surface area (Å²) in [5.74, 6) is 3.35. The molecule has 5 nitrogen and oxygen atoms in total. The molecule has 0 aliphatic heterocycles. The lowest BCUT2D eigenvalue weighted by atomic mass is 9.33. The van der Waals surface area contributed by atoms with Crippen molar-refractivity contribution in [2.24, 2.45) is 51.2 Å². The number of thioether (sulfide) groups is 1. The van der Waals surface area contributed by atoms with Crippen molar-refractivity contribution < 1.29 is 9.90 Å². The molecule has 1 aromatic carbocycles. The van der Waals surface area contributed by atoms with Crippen LogP contribution in [-0.4, -0.2) is 40.9 Å². The van der Waals surface area contributed by atoms with Gasteiger partial charge in [0.2, 0.25) is 0 Å². The molecule has 0 spiro atoms. The van der Waals surface area contributed by atoms with Crippen molar-refractivity contribution >= 4 is 29.1 Å². The van der Waals surface area contributed by atoms with Crippen LogP contribution in [0.5, 0.6) is 0 Å². The zero-order valence-electron chi connectivity index (χ0n) is 31.7. The predicted octanol–water partition coefficient (Wildman–Crippen LogP) is 10.6. The quantitative estimate of drug-likeness (QED) is 0.138. The number of benzene rings is 1. The van der Waals surface area contributed by atoms with E-state index in [2.05, 4.69) is 89.3 Å². The Hall–Kier alpha value is -2.57. The molecule has 0 bridgehead atoms. The third-order valence-electron chi connectivity index (χ3n) is 15.9. The number of rotatable bonds is 9. The second-order valence-electron chi connectivity index (χ2n) is 18.2. The first-order valence-corrected chi connectivity index (χ1v) is 20.6. The summed E-state index contributed by atoms with van der Waals surface area (Å²) < 4.78 is 0. The second-order valence-corrected chi connectivity index (χ2v) is 19.0. The average molecular weight is 696 g/mol. The van der Waals surface area contributed by atoms with Gasteiger partial charge in [0, 0.05) is 18.6 Å². The van der Waals surface area contributed by atoms with Gasteiger partial charge < -0.3 is 15.7 Å². The van der Waals surface area contributed by atoms with E-state index >= 15 is 0 Å². The Morgan fingerprint density at radius 3 is 2.38 bits per heavy atom. The molecular formula is C44H61N3O2S. The molecule has 9 atom stereocenters. The maximum atomic E-state index is 11.6. The van der Waals surface area contributed by atoms with Gasteiger partial charge in [-0.2, -0.15) is 0 Å². The number of fused-ring (bicyclic) bond motifs is 7. The number of carboxylic acid groups (broad SMARTS) is 1. The summed E-state index contributed by atoms with van der Waals surface area (Å²) in [6.07, 6.45) is 16.1. The molecule has 0 unspecified atom stereocenters. The summed E-state index contributed by atoms with van der Waals surface area (Å²) >= 11 is 1.69. The number of hydrogen-bond acceptors (Lipinski definition) is 5. The molecule has 2 aromatic rings. The van der Waals surface area contributed by atoms with Crippen molar-refractivity contribution in [2.45, 2.75) is 110 Å². The number of hydrogen-bond donors (Lipinski definition) is 3. The van der Waals surface area contributed by atoms with Crippen LogP contribution < -0.4 is 10.6 Å². The lowest BCUT2D eigenvalue weighted by Gasteiger charge is -2.72. The highest BCUT2D eigenvalue weighted by Crippen LogP contribution is 2.76.